The highest BCUT2D eigenvalue weighted by Crippen LogP contribution is 2.18. The summed E-state index contributed by atoms with van der Waals surface area (Å²) in [4.78, 5) is 24.4. The van der Waals surface area contributed by atoms with Crippen LogP contribution in [0.3, 0.4) is 0 Å². The number of esters is 1. The zero-order chi connectivity index (χ0) is 19.1. The third-order valence-corrected chi connectivity index (χ3v) is 3.88. The fraction of sp³-hybridized carbons (Fsp3) is 0.400. The SMILES string of the molecule is Cc1ccc(C)c(OCCOC(=O)[C@H](NC(=O)c2ccco2)C(C)C)c1. The van der Waals surface area contributed by atoms with Crippen molar-refractivity contribution in [2.45, 2.75) is 33.7 Å². The quantitative estimate of drug-likeness (QED) is 0.578. The Balaban J connectivity index is 1.83. The fourth-order valence-electron chi connectivity index (χ4n) is 2.36. The van der Waals surface area contributed by atoms with Gasteiger partial charge in [0.15, 0.2) is 5.76 Å². The molecule has 0 aliphatic heterocycles. The van der Waals surface area contributed by atoms with Gasteiger partial charge in [0.1, 0.15) is 25.0 Å². The normalized spacial score (nSPS) is 11.9. The predicted octanol–water partition coefficient (Wildman–Crippen LogP) is 3.27. The molecule has 1 amide bonds. The van der Waals surface area contributed by atoms with Crippen molar-refractivity contribution >= 4 is 11.9 Å². The molecule has 1 atom stereocenters. The van der Waals surface area contributed by atoms with E-state index in [2.05, 4.69) is 5.32 Å². The molecule has 0 spiro atoms. The van der Waals surface area contributed by atoms with Crippen LogP contribution in [0.25, 0.3) is 0 Å². The van der Waals surface area contributed by atoms with Gasteiger partial charge in [0.2, 0.25) is 0 Å². The van der Waals surface area contributed by atoms with E-state index in [9.17, 15) is 9.59 Å². The summed E-state index contributed by atoms with van der Waals surface area (Å²) in [6.07, 6.45) is 1.40. The van der Waals surface area contributed by atoms with Crippen molar-refractivity contribution in [1.82, 2.24) is 5.32 Å². The Labute approximate surface area is 153 Å². The monoisotopic (exact) mass is 359 g/mol. The first kappa shape index (κ1) is 19.6. The Morgan fingerprint density at radius 3 is 2.58 bits per heavy atom. The van der Waals surface area contributed by atoms with E-state index in [0.717, 1.165) is 16.9 Å². The van der Waals surface area contributed by atoms with Crippen molar-refractivity contribution < 1.29 is 23.5 Å². The smallest absolute Gasteiger partial charge is 0.329 e. The van der Waals surface area contributed by atoms with Crippen LogP contribution in [0.5, 0.6) is 5.75 Å². The summed E-state index contributed by atoms with van der Waals surface area (Å²) in [6, 6.07) is 8.33. The average Bonchev–Trinajstić information content (AvgIpc) is 3.13. The zero-order valence-corrected chi connectivity index (χ0v) is 15.6. The number of rotatable bonds is 8. The van der Waals surface area contributed by atoms with Crippen LogP contribution in [0.15, 0.2) is 41.0 Å². The van der Waals surface area contributed by atoms with Crippen LogP contribution in [0.4, 0.5) is 0 Å². The van der Waals surface area contributed by atoms with Gasteiger partial charge in [-0.1, -0.05) is 26.0 Å². The predicted molar refractivity (Wildman–Crippen MR) is 97.2 cm³/mol. The molecule has 0 saturated carbocycles. The summed E-state index contributed by atoms with van der Waals surface area (Å²) in [5.41, 5.74) is 2.12. The topological polar surface area (TPSA) is 77.8 Å². The maximum absolute atomic E-state index is 12.3. The second-order valence-corrected chi connectivity index (χ2v) is 6.46. The van der Waals surface area contributed by atoms with Gasteiger partial charge in [0, 0.05) is 0 Å². The molecule has 0 radical (unpaired) electrons. The van der Waals surface area contributed by atoms with Gasteiger partial charge in [0.25, 0.3) is 5.91 Å². The summed E-state index contributed by atoms with van der Waals surface area (Å²) in [7, 11) is 0. The zero-order valence-electron chi connectivity index (χ0n) is 15.6. The molecule has 0 aliphatic carbocycles. The molecule has 2 rings (SSSR count). The molecule has 0 aliphatic rings. The summed E-state index contributed by atoms with van der Waals surface area (Å²) >= 11 is 0. The molecule has 1 heterocycles. The van der Waals surface area contributed by atoms with E-state index in [4.69, 9.17) is 13.9 Å². The van der Waals surface area contributed by atoms with Gasteiger partial charge in [-0.15, -0.1) is 0 Å². The highest BCUT2D eigenvalue weighted by Gasteiger charge is 2.26. The van der Waals surface area contributed by atoms with Crippen LogP contribution in [-0.2, 0) is 9.53 Å². The van der Waals surface area contributed by atoms with E-state index >= 15 is 0 Å². The van der Waals surface area contributed by atoms with Gasteiger partial charge in [-0.3, -0.25) is 4.79 Å². The number of benzene rings is 1. The Morgan fingerprint density at radius 1 is 1.15 bits per heavy atom. The van der Waals surface area contributed by atoms with E-state index in [-0.39, 0.29) is 24.9 Å². The maximum atomic E-state index is 12.3. The second-order valence-electron chi connectivity index (χ2n) is 6.46. The molecule has 1 aromatic heterocycles. The van der Waals surface area contributed by atoms with Gasteiger partial charge < -0.3 is 19.2 Å². The van der Waals surface area contributed by atoms with E-state index in [1.165, 1.54) is 12.3 Å². The molecular formula is C20H25NO5. The number of aryl methyl sites for hydroxylation is 2. The van der Waals surface area contributed by atoms with Gasteiger partial charge >= 0.3 is 5.97 Å². The number of carbonyl (C=O) groups is 2. The van der Waals surface area contributed by atoms with Crippen molar-refractivity contribution in [2.24, 2.45) is 5.92 Å². The second kappa shape index (κ2) is 9.08. The number of hydrogen-bond acceptors (Lipinski definition) is 5. The average molecular weight is 359 g/mol. The maximum Gasteiger partial charge on any atom is 0.329 e. The molecule has 0 unspecified atom stereocenters. The highest BCUT2D eigenvalue weighted by atomic mass is 16.6. The Kier molecular flexibility index (Phi) is 6.83. The van der Waals surface area contributed by atoms with Gasteiger partial charge in [-0.25, -0.2) is 4.79 Å². The number of nitrogens with one attached hydrogen (secondary N) is 1. The largest absolute Gasteiger partial charge is 0.490 e. The van der Waals surface area contributed by atoms with E-state index in [1.807, 2.05) is 45.9 Å². The first-order valence-electron chi connectivity index (χ1n) is 8.59. The minimum Gasteiger partial charge on any atom is -0.490 e. The molecule has 1 N–H and O–H groups in total. The van der Waals surface area contributed by atoms with Crippen LogP contribution < -0.4 is 10.1 Å². The number of amides is 1. The Morgan fingerprint density at radius 2 is 1.92 bits per heavy atom. The highest BCUT2D eigenvalue weighted by molar-refractivity contribution is 5.94. The lowest BCUT2D eigenvalue weighted by molar-refractivity contribution is -0.147. The first-order valence-corrected chi connectivity index (χ1v) is 8.59. The standard InChI is InChI=1S/C20H25NO5/c1-13(2)18(21-19(22)16-6-5-9-24-16)20(23)26-11-10-25-17-12-14(3)7-8-15(17)4/h5-9,12-13,18H,10-11H2,1-4H3,(H,21,22)/t18-/m1/s1. The van der Waals surface area contributed by atoms with Crippen molar-refractivity contribution in [1.29, 1.82) is 0 Å². The lowest BCUT2D eigenvalue weighted by Crippen LogP contribution is -2.45. The van der Waals surface area contributed by atoms with Gasteiger partial charge in [-0.05, 0) is 49.1 Å². The number of carbonyl (C=O) groups excluding carboxylic acids is 2. The fourth-order valence-corrected chi connectivity index (χ4v) is 2.36. The number of furan rings is 1. The van der Waals surface area contributed by atoms with Crippen LogP contribution in [-0.4, -0.2) is 31.1 Å². The number of ether oxygens (including phenoxy) is 2. The molecule has 0 bridgehead atoms. The number of hydrogen-bond donors (Lipinski definition) is 1. The van der Waals surface area contributed by atoms with Crippen molar-refractivity contribution in [3.8, 4) is 5.75 Å². The van der Waals surface area contributed by atoms with Crippen molar-refractivity contribution in [3.63, 3.8) is 0 Å². The summed E-state index contributed by atoms with van der Waals surface area (Å²) < 4.78 is 16.0. The summed E-state index contributed by atoms with van der Waals surface area (Å²) in [5.74, 6) is -0.141. The van der Waals surface area contributed by atoms with Crippen LogP contribution in [0.1, 0.15) is 35.5 Å². The van der Waals surface area contributed by atoms with Crippen LogP contribution >= 0.6 is 0 Å². The molecule has 6 heteroatoms. The van der Waals surface area contributed by atoms with E-state index in [1.54, 1.807) is 6.07 Å². The third kappa shape index (κ3) is 5.37. The molecule has 0 fully saturated rings. The Hall–Kier alpha value is -2.76. The van der Waals surface area contributed by atoms with E-state index in [0.29, 0.717) is 0 Å². The molecular weight excluding hydrogens is 334 g/mol. The third-order valence-electron chi connectivity index (χ3n) is 3.88. The minimum atomic E-state index is -0.756. The summed E-state index contributed by atoms with van der Waals surface area (Å²) in [6.45, 7) is 7.96. The molecule has 1 aromatic carbocycles. The molecule has 6 nitrogen and oxygen atoms in total. The van der Waals surface area contributed by atoms with Crippen molar-refractivity contribution in [3.05, 3.63) is 53.5 Å². The van der Waals surface area contributed by atoms with Gasteiger partial charge in [-0.2, -0.15) is 0 Å². The molecule has 2 aromatic rings. The Bertz CT molecular complexity index is 737. The molecule has 0 saturated heterocycles. The van der Waals surface area contributed by atoms with Gasteiger partial charge in [0.05, 0.1) is 6.26 Å². The summed E-state index contributed by atoms with van der Waals surface area (Å²) in [5, 5.41) is 2.65. The van der Waals surface area contributed by atoms with Crippen LogP contribution in [0, 0.1) is 19.8 Å². The minimum absolute atomic E-state index is 0.103. The van der Waals surface area contributed by atoms with E-state index < -0.39 is 17.9 Å². The van der Waals surface area contributed by atoms with Crippen LogP contribution in [0.2, 0.25) is 0 Å². The van der Waals surface area contributed by atoms with Crippen molar-refractivity contribution in [2.75, 3.05) is 13.2 Å². The lowest BCUT2D eigenvalue weighted by atomic mass is 10.0. The molecule has 140 valence electrons. The lowest BCUT2D eigenvalue weighted by Gasteiger charge is -2.20. The molecule has 26 heavy (non-hydrogen) atoms. The first-order chi connectivity index (χ1) is 12.4.